The van der Waals surface area contributed by atoms with Crippen LogP contribution in [-0.2, 0) is 16.1 Å². The highest BCUT2D eigenvalue weighted by atomic mass is 127. The van der Waals surface area contributed by atoms with E-state index in [1.165, 1.54) is 115 Å². The van der Waals surface area contributed by atoms with Gasteiger partial charge >= 0.3 is 5.97 Å². The van der Waals surface area contributed by atoms with E-state index < -0.39 is 0 Å². The highest BCUT2D eigenvalue weighted by molar-refractivity contribution is 7.99. The molecule has 1 aromatic heterocycles. The third kappa shape index (κ3) is 20.8. The van der Waals surface area contributed by atoms with Crippen LogP contribution < -0.4 is 28.5 Å². The summed E-state index contributed by atoms with van der Waals surface area (Å²) in [4.78, 5) is 11.3. The van der Waals surface area contributed by atoms with Crippen molar-refractivity contribution in [2.75, 3.05) is 11.5 Å². The summed E-state index contributed by atoms with van der Waals surface area (Å²) in [6.07, 6.45) is 24.6. The number of carbonyl (C=O) groups is 1. The van der Waals surface area contributed by atoms with Crippen molar-refractivity contribution in [3.63, 3.8) is 0 Å². The third-order valence-corrected chi connectivity index (χ3v) is 7.58. The second-order valence-corrected chi connectivity index (χ2v) is 10.7. The predicted molar refractivity (Wildman–Crippen MR) is 137 cm³/mol. The number of rotatable bonds is 22. The maximum absolute atomic E-state index is 11.3. The average Bonchev–Trinajstić information content (AvgIpc) is 3.25. The first-order chi connectivity index (χ1) is 15.2. The van der Waals surface area contributed by atoms with Crippen LogP contribution in [0.15, 0.2) is 17.1 Å². The van der Waals surface area contributed by atoms with Crippen LogP contribution in [0.2, 0.25) is 0 Å². The van der Waals surface area contributed by atoms with E-state index in [-0.39, 0.29) is 36.0 Å². The minimum absolute atomic E-state index is 0. The second kappa shape index (κ2) is 24.3. The number of hydrogen-bond donors (Lipinski definition) is 0. The molecule has 0 saturated carbocycles. The summed E-state index contributed by atoms with van der Waals surface area (Å²) in [5.74, 6) is 1.88. The van der Waals surface area contributed by atoms with Crippen LogP contribution >= 0.6 is 23.1 Å². The van der Waals surface area contributed by atoms with E-state index in [2.05, 4.69) is 22.4 Å². The van der Waals surface area contributed by atoms with Gasteiger partial charge < -0.3 is 28.7 Å². The first-order valence-electron chi connectivity index (χ1n) is 12.9. The van der Waals surface area contributed by atoms with Gasteiger partial charge in [0.1, 0.15) is 0 Å². The zero-order chi connectivity index (χ0) is 22.4. The minimum atomic E-state index is -0.177. The molecule has 0 aliphatic carbocycles. The second-order valence-electron chi connectivity index (χ2n) is 8.83. The van der Waals surface area contributed by atoms with Gasteiger partial charge in [0, 0.05) is 12.7 Å². The van der Waals surface area contributed by atoms with E-state index in [0.29, 0.717) is 0 Å². The molecule has 0 spiro atoms. The molecule has 0 aromatic carbocycles. The molecule has 1 unspecified atom stereocenters. The van der Waals surface area contributed by atoms with Gasteiger partial charge in [0.25, 0.3) is 0 Å². The lowest BCUT2D eigenvalue weighted by Crippen LogP contribution is -3.00. The molecule has 188 valence electrons. The Hall–Kier alpha value is 0.180. The number of unbranched alkanes of at least 4 members (excludes halogenated alkanes) is 15. The summed E-state index contributed by atoms with van der Waals surface area (Å²) >= 11 is 3.59. The monoisotopic (exact) mass is 597 g/mol. The highest BCUT2D eigenvalue weighted by Crippen LogP contribution is 2.15. The van der Waals surface area contributed by atoms with Gasteiger partial charge in [-0.15, -0.1) is 0 Å². The molecule has 1 heterocycles. The van der Waals surface area contributed by atoms with E-state index in [9.17, 15) is 4.79 Å². The lowest BCUT2D eigenvalue weighted by atomic mass is 10.0. The van der Waals surface area contributed by atoms with Crippen molar-refractivity contribution >= 4 is 29.1 Å². The first-order valence-corrected chi connectivity index (χ1v) is 15.0. The van der Waals surface area contributed by atoms with E-state index in [0.717, 1.165) is 12.3 Å². The Morgan fingerprint density at radius 3 is 1.81 bits per heavy atom. The van der Waals surface area contributed by atoms with Gasteiger partial charge in [-0.1, -0.05) is 115 Å². The fourth-order valence-electron chi connectivity index (χ4n) is 3.93. The number of ether oxygens (including phenoxy) is 1. The van der Waals surface area contributed by atoms with E-state index in [1.54, 1.807) is 11.3 Å². The molecular weight excluding hydrogens is 549 g/mol. The van der Waals surface area contributed by atoms with E-state index in [4.69, 9.17) is 4.74 Å². The van der Waals surface area contributed by atoms with E-state index >= 15 is 0 Å². The van der Waals surface area contributed by atoms with Gasteiger partial charge in [-0.25, -0.2) is 0 Å². The Balaban J connectivity index is 0.00000961. The van der Waals surface area contributed by atoms with Crippen molar-refractivity contribution < 1.29 is 38.1 Å². The number of nitrogens with zero attached hydrogens (tertiary/aromatic N) is 1. The maximum atomic E-state index is 11.3. The van der Waals surface area contributed by atoms with Gasteiger partial charge in [-0.05, 0) is 12.2 Å². The van der Waals surface area contributed by atoms with Gasteiger partial charge in [-0.3, -0.25) is 4.79 Å². The van der Waals surface area contributed by atoms with Crippen molar-refractivity contribution in [3.8, 4) is 0 Å². The smallest absolute Gasteiger partial charge is 0.303 e. The fourth-order valence-corrected chi connectivity index (χ4v) is 5.55. The summed E-state index contributed by atoms with van der Waals surface area (Å²) in [5, 5.41) is 2.05. The normalized spacial score (nSPS) is 11.8. The van der Waals surface area contributed by atoms with Crippen molar-refractivity contribution in [2.24, 2.45) is 0 Å². The van der Waals surface area contributed by atoms with Gasteiger partial charge in [0.15, 0.2) is 18.8 Å². The lowest BCUT2D eigenvalue weighted by Gasteiger charge is -2.13. The summed E-state index contributed by atoms with van der Waals surface area (Å²) in [6.45, 7) is 4.55. The summed E-state index contributed by atoms with van der Waals surface area (Å²) in [6, 6.07) is 0. The van der Waals surface area contributed by atoms with Crippen LogP contribution in [0.25, 0.3) is 0 Å². The zero-order valence-electron chi connectivity index (χ0n) is 20.7. The predicted octanol–water partition coefficient (Wildman–Crippen LogP) is 4.97. The molecule has 3 nitrogen and oxygen atoms in total. The molecule has 0 amide bonds. The molecule has 32 heavy (non-hydrogen) atoms. The molecule has 0 bridgehead atoms. The number of thiazole rings is 1. The number of carbonyl (C=O) groups excluding carboxylic acids is 1. The summed E-state index contributed by atoms with van der Waals surface area (Å²) in [7, 11) is 0. The molecule has 0 N–H and O–H groups in total. The SMILES string of the molecule is CCCCCCCCCCCCCCCCCCSCC(C[n+]1ccsc1)OC(C)=O.[I-]. The lowest BCUT2D eigenvalue weighted by molar-refractivity contribution is -0.697. The van der Waals surface area contributed by atoms with Gasteiger partial charge in [-0.2, -0.15) is 16.3 Å². The van der Waals surface area contributed by atoms with Crippen molar-refractivity contribution in [1.82, 2.24) is 0 Å². The van der Waals surface area contributed by atoms with E-state index in [1.807, 2.05) is 18.0 Å². The van der Waals surface area contributed by atoms with Crippen molar-refractivity contribution in [3.05, 3.63) is 17.1 Å². The number of aromatic nitrogens is 1. The molecule has 0 fully saturated rings. The maximum Gasteiger partial charge on any atom is 0.303 e. The van der Waals surface area contributed by atoms with Crippen molar-refractivity contribution in [2.45, 2.75) is 129 Å². The number of thioether (sulfide) groups is 1. The molecule has 1 rings (SSSR count). The van der Waals surface area contributed by atoms with Crippen LogP contribution in [0.5, 0.6) is 0 Å². The molecule has 6 heteroatoms. The molecular formula is C26H48INO2S2. The first kappa shape index (κ1) is 32.2. The average molecular weight is 598 g/mol. The van der Waals surface area contributed by atoms with Gasteiger partial charge in [0.05, 0.1) is 5.38 Å². The summed E-state index contributed by atoms with van der Waals surface area (Å²) < 4.78 is 7.59. The fraction of sp³-hybridized carbons (Fsp3) is 0.846. The molecule has 0 saturated heterocycles. The Labute approximate surface area is 223 Å². The Bertz CT molecular complexity index is 514. The Kier molecular flexibility index (Phi) is 24.4. The van der Waals surface area contributed by atoms with Crippen LogP contribution in [0.4, 0.5) is 0 Å². The number of halogens is 1. The molecule has 1 aromatic rings. The van der Waals surface area contributed by atoms with Crippen LogP contribution in [-0.4, -0.2) is 23.6 Å². The molecule has 0 radical (unpaired) electrons. The Morgan fingerprint density at radius 1 is 0.875 bits per heavy atom. The van der Waals surface area contributed by atoms with Crippen LogP contribution in [0.1, 0.15) is 117 Å². The largest absolute Gasteiger partial charge is 1.00 e. The minimum Gasteiger partial charge on any atom is -1.00 e. The van der Waals surface area contributed by atoms with Gasteiger partial charge in [0.2, 0.25) is 5.51 Å². The number of hydrogen-bond acceptors (Lipinski definition) is 4. The highest BCUT2D eigenvalue weighted by Gasteiger charge is 2.17. The molecule has 1 atom stereocenters. The molecule has 0 aliphatic heterocycles. The van der Waals surface area contributed by atoms with Crippen LogP contribution in [0.3, 0.4) is 0 Å². The topological polar surface area (TPSA) is 30.2 Å². The van der Waals surface area contributed by atoms with Crippen LogP contribution in [0, 0.1) is 0 Å². The number of esters is 1. The third-order valence-electron chi connectivity index (χ3n) is 5.72. The quantitative estimate of drug-likeness (QED) is 0.0819. The molecule has 0 aliphatic rings. The summed E-state index contributed by atoms with van der Waals surface area (Å²) in [5.41, 5.74) is 2.07. The standard InChI is InChI=1S/C26H48NO2S2.HI/c1-3-4-5-6-7-8-9-10-11-12-13-14-15-16-17-18-20-30-23-26(29-25(2)28)22-27-19-21-31-24-27;/h19,21,24,26H,3-18,20,22-23H2,1-2H3;1H/q+1;/p-1. The Morgan fingerprint density at radius 2 is 1.38 bits per heavy atom. The van der Waals surface area contributed by atoms with Crippen molar-refractivity contribution in [1.29, 1.82) is 0 Å². The zero-order valence-corrected chi connectivity index (χ0v) is 24.5.